The Bertz CT molecular complexity index is 305. The first-order valence-corrected chi connectivity index (χ1v) is 5.95. The molecule has 0 aliphatic carbocycles. The van der Waals surface area contributed by atoms with Gasteiger partial charge in [-0.1, -0.05) is 19.8 Å². The molecule has 0 unspecified atom stereocenters. The zero-order valence-electron chi connectivity index (χ0n) is 8.87. The van der Waals surface area contributed by atoms with Crippen molar-refractivity contribution in [3.8, 4) is 5.88 Å². The topological polar surface area (TPSA) is 42.4 Å². The highest BCUT2D eigenvalue weighted by Crippen LogP contribution is 2.20. The highest BCUT2D eigenvalue weighted by molar-refractivity contribution is 9.10. The van der Waals surface area contributed by atoms with Crippen LogP contribution in [-0.4, -0.2) is 16.7 Å². The van der Waals surface area contributed by atoms with E-state index in [1.54, 1.807) is 6.20 Å². The normalized spacial score (nSPS) is 10.3. The summed E-state index contributed by atoms with van der Waals surface area (Å²) in [5.74, 6) is 0.539. The van der Waals surface area contributed by atoms with Gasteiger partial charge in [-0.3, -0.25) is 0 Å². The molecule has 1 aromatic heterocycles. The monoisotopic (exact) mass is 273 g/mol. The minimum Gasteiger partial charge on any atom is -0.477 e. The zero-order chi connectivity index (χ0) is 11.1. The number of unbranched alkanes of at least 4 members (excludes halogenated alkanes) is 2. The van der Waals surface area contributed by atoms with Gasteiger partial charge in [-0.05, 0) is 28.4 Å². The van der Waals surface area contributed by atoms with Gasteiger partial charge in [-0.2, -0.15) is 0 Å². The SMILES string of the molecule is CCCCCOc1ncc(Br)cc1CO. The number of hydrogen-bond donors (Lipinski definition) is 1. The van der Waals surface area contributed by atoms with E-state index in [-0.39, 0.29) is 6.61 Å². The first kappa shape index (κ1) is 12.5. The van der Waals surface area contributed by atoms with Gasteiger partial charge < -0.3 is 9.84 Å². The molecule has 84 valence electrons. The molecule has 4 heteroatoms. The van der Waals surface area contributed by atoms with Gasteiger partial charge in [0.1, 0.15) is 0 Å². The summed E-state index contributed by atoms with van der Waals surface area (Å²) in [7, 11) is 0. The molecule has 0 radical (unpaired) electrons. The van der Waals surface area contributed by atoms with Crippen LogP contribution < -0.4 is 4.74 Å². The van der Waals surface area contributed by atoms with Gasteiger partial charge in [0, 0.05) is 16.2 Å². The van der Waals surface area contributed by atoms with Crippen molar-refractivity contribution < 1.29 is 9.84 Å². The smallest absolute Gasteiger partial charge is 0.218 e. The first-order valence-electron chi connectivity index (χ1n) is 5.16. The fourth-order valence-electron chi connectivity index (χ4n) is 1.23. The lowest BCUT2D eigenvalue weighted by molar-refractivity contribution is 0.254. The van der Waals surface area contributed by atoms with E-state index in [0.717, 1.165) is 22.9 Å². The van der Waals surface area contributed by atoms with E-state index < -0.39 is 0 Å². The Balaban J connectivity index is 2.52. The Morgan fingerprint density at radius 3 is 2.93 bits per heavy atom. The summed E-state index contributed by atoms with van der Waals surface area (Å²) < 4.78 is 6.35. The minimum absolute atomic E-state index is 0.0461. The van der Waals surface area contributed by atoms with Crippen molar-refractivity contribution in [2.24, 2.45) is 0 Å². The molecule has 0 atom stereocenters. The largest absolute Gasteiger partial charge is 0.477 e. The van der Waals surface area contributed by atoms with Crippen LogP contribution in [0, 0.1) is 0 Å². The molecule has 0 spiro atoms. The van der Waals surface area contributed by atoms with Crippen molar-refractivity contribution in [1.29, 1.82) is 0 Å². The number of aliphatic hydroxyl groups is 1. The third kappa shape index (κ3) is 4.18. The quantitative estimate of drug-likeness (QED) is 0.811. The number of pyridine rings is 1. The molecule has 0 saturated carbocycles. The lowest BCUT2D eigenvalue weighted by atomic mass is 10.2. The molecular weight excluding hydrogens is 258 g/mol. The van der Waals surface area contributed by atoms with Crippen molar-refractivity contribution in [2.45, 2.75) is 32.8 Å². The maximum absolute atomic E-state index is 9.10. The fourth-order valence-corrected chi connectivity index (χ4v) is 1.61. The summed E-state index contributed by atoms with van der Waals surface area (Å²) in [5, 5.41) is 9.10. The molecule has 0 aromatic carbocycles. The summed E-state index contributed by atoms with van der Waals surface area (Å²) in [6, 6.07) is 1.82. The van der Waals surface area contributed by atoms with Gasteiger partial charge >= 0.3 is 0 Å². The maximum atomic E-state index is 9.10. The van der Waals surface area contributed by atoms with E-state index in [9.17, 15) is 0 Å². The number of aliphatic hydroxyl groups excluding tert-OH is 1. The van der Waals surface area contributed by atoms with Gasteiger partial charge in [-0.15, -0.1) is 0 Å². The average molecular weight is 274 g/mol. The maximum Gasteiger partial charge on any atom is 0.218 e. The summed E-state index contributed by atoms with van der Waals surface area (Å²) >= 11 is 3.30. The lowest BCUT2D eigenvalue weighted by Crippen LogP contribution is -2.02. The molecule has 1 rings (SSSR count). The van der Waals surface area contributed by atoms with Crippen LogP contribution in [0.2, 0.25) is 0 Å². The Morgan fingerprint density at radius 2 is 2.27 bits per heavy atom. The first-order chi connectivity index (χ1) is 7.27. The van der Waals surface area contributed by atoms with Gasteiger partial charge in [0.15, 0.2) is 0 Å². The van der Waals surface area contributed by atoms with Crippen molar-refractivity contribution >= 4 is 15.9 Å². The van der Waals surface area contributed by atoms with E-state index in [4.69, 9.17) is 9.84 Å². The van der Waals surface area contributed by atoms with Gasteiger partial charge in [0.2, 0.25) is 5.88 Å². The van der Waals surface area contributed by atoms with Gasteiger partial charge in [0.25, 0.3) is 0 Å². The van der Waals surface area contributed by atoms with Crippen LogP contribution >= 0.6 is 15.9 Å². The molecule has 3 nitrogen and oxygen atoms in total. The molecule has 0 fully saturated rings. The highest BCUT2D eigenvalue weighted by Gasteiger charge is 2.04. The van der Waals surface area contributed by atoms with Gasteiger partial charge in [0.05, 0.1) is 13.2 Å². The summed E-state index contributed by atoms with van der Waals surface area (Å²) in [6.45, 7) is 2.77. The molecule has 1 N–H and O–H groups in total. The third-order valence-electron chi connectivity index (χ3n) is 2.05. The number of nitrogens with zero attached hydrogens (tertiary/aromatic N) is 1. The highest BCUT2D eigenvalue weighted by atomic mass is 79.9. The summed E-state index contributed by atoms with van der Waals surface area (Å²) in [5.41, 5.74) is 0.723. The van der Waals surface area contributed by atoms with Crippen LogP contribution in [0.25, 0.3) is 0 Å². The van der Waals surface area contributed by atoms with Crippen LogP contribution in [-0.2, 0) is 6.61 Å². The molecule has 0 saturated heterocycles. The summed E-state index contributed by atoms with van der Waals surface area (Å²) in [4.78, 5) is 4.12. The van der Waals surface area contributed by atoms with E-state index in [1.165, 1.54) is 6.42 Å². The van der Waals surface area contributed by atoms with Crippen LogP contribution in [0.3, 0.4) is 0 Å². The molecular formula is C11H16BrNO2. The molecule has 1 heterocycles. The number of ether oxygens (including phenoxy) is 1. The molecule has 0 aliphatic rings. The van der Waals surface area contributed by atoms with Crippen LogP contribution in [0.1, 0.15) is 31.7 Å². The van der Waals surface area contributed by atoms with Crippen LogP contribution in [0.4, 0.5) is 0 Å². The van der Waals surface area contributed by atoms with Crippen molar-refractivity contribution in [3.05, 3.63) is 22.3 Å². The number of halogens is 1. The Kier molecular flexibility index (Phi) is 5.65. The standard InChI is InChI=1S/C11H16BrNO2/c1-2-3-4-5-15-11-9(8-14)6-10(12)7-13-11/h6-7,14H,2-5,8H2,1H3. The van der Waals surface area contributed by atoms with E-state index in [1.807, 2.05) is 6.07 Å². The van der Waals surface area contributed by atoms with E-state index in [2.05, 4.69) is 27.8 Å². The predicted molar refractivity (Wildman–Crippen MR) is 62.9 cm³/mol. The number of hydrogen-bond acceptors (Lipinski definition) is 3. The van der Waals surface area contributed by atoms with Gasteiger partial charge in [-0.25, -0.2) is 4.98 Å². The predicted octanol–water partition coefficient (Wildman–Crippen LogP) is 2.91. The fraction of sp³-hybridized carbons (Fsp3) is 0.545. The van der Waals surface area contributed by atoms with Crippen LogP contribution in [0.5, 0.6) is 5.88 Å². The van der Waals surface area contributed by atoms with E-state index in [0.29, 0.717) is 12.5 Å². The van der Waals surface area contributed by atoms with Crippen molar-refractivity contribution in [3.63, 3.8) is 0 Å². The molecule has 0 aliphatic heterocycles. The molecule has 0 bridgehead atoms. The average Bonchev–Trinajstić information content (AvgIpc) is 2.26. The summed E-state index contributed by atoms with van der Waals surface area (Å²) in [6.07, 6.45) is 5.03. The third-order valence-corrected chi connectivity index (χ3v) is 2.48. The Hall–Kier alpha value is -0.610. The van der Waals surface area contributed by atoms with Crippen molar-refractivity contribution in [2.75, 3.05) is 6.61 Å². The lowest BCUT2D eigenvalue weighted by Gasteiger charge is -2.08. The molecule has 0 amide bonds. The number of rotatable bonds is 6. The second kappa shape index (κ2) is 6.80. The second-order valence-corrected chi connectivity index (χ2v) is 4.25. The second-order valence-electron chi connectivity index (χ2n) is 3.33. The molecule has 15 heavy (non-hydrogen) atoms. The Labute approximate surface area is 98.6 Å². The van der Waals surface area contributed by atoms with Crippen molar-refractivity contribution in [1.82, 2.24) is 4.98 Å². The zero-order valence-corrected chi connectivity index (χ0v) is 10.5. The number of aromatic nitrogens is 1. The molecule has 1 aromatic rings. The van der Waals surface area contributed by atoms with E-state index >= 15 is 0 Å². The minimum atomic E-state index is -0.0461. The van der Waals surface area contributed by atoms with Crippen LogP contribution in [0.15, 0.2) is 16.7 Å². The Morgan fingerprint density at radius 1 is 1.47 bits per heavy atom.